The van der Waals surface area contributed by atoms with Crippen molar-refractivity contribution in [3.8, 4) is 23.7 Å². The van der Waals surface area contributed by atoms with Crippen LogP contribution >= 0.6 is 0 Å². The van der Waals surface area contributed by atoms with Gasteiger partial charge < -0.3 is 4.57 Å². The van der Waals surface area contributed by atoms with Crippen molar-refractivity contribution in [2.75, 3.05) is 0 Å². The number of aromatic nitrogens is 2. The maximum Gasteiger partial charge on any atom is 0.252 e. The van der Waals surface area contributed by atoms with Gasteiger partial charge >= 0.3 is 0 Å². The van der Waals surface area contributed by atoms with E-state index >= 15 is 0 Å². The van der Waals surface area contributed by atoms with Gasteiger partial charge in [0, 0.05) is 22.7 Å². The zero-order valence-electron chi connectivity index (χ0n) is 15.1. The van der Waals surface area contributed by atoms with E-state index < -0.39 is 0 Å². The lowest BCUT2D eigenvalue weighted by Gasteiger charge is -2.03. The Hall–Kier alpha value is -4.08. The fourth-order valence-electron chi connectivity index (χ4n) is 2.93. The standard InChI is InChI=1S/C25H16N2O/c28-25(16-15-20-9-2-1-3-10-20)24-19-21-11-4-5-14-23(21)27(24)18-8-13-22-12-6-7-17-26-22/h1-7,9-12,14,17,19H,18H2. The Morgan fingerprint density at radius 1 is 0.893 bits per heavy atom. The summed E-state index contributed by atoms with van der Waals surface area (Å²) >= 11 is 0. The number of carbonyl (C=O) groups is 1. The third-order valence-electron chi connectivity index (χ3n) is 4.26. The minimum atomic E-state index is -0.223. The van der Waals surface area contributed by atoms with Crippen molar-refractivity contribution in [1.82, 2.24) is 9.55 Å². The van der Waals surface area contributed by atoms with Crippen LogP contribution in [0.4, 0.5) is 0 Å². The zero-order chi connectivity index (χ0) is 19.2. The van der Waals surface area contributed by atoms with Gasteiger partial charge in [0.05, 0.1) is 12.2 Å². The minimum absolute atomic E-state index is 0.223. The zero-order valence-corrected chi connectivity index (χ0v) is 15.1. The molecule has 0 amide bonds. The largest absolute Gasteiger partial charge is 0.325 e. The van der Waals surface area contributed by atoms with Crippen LogP contribution in [-0.2, 0) is 6.54 Å². The second-order valence-electron chi connectivity index (χ2n) is 6.14. The topological polar surface area (TPSA) is 34.9 Å². The first-order chi connectivity index (χ1) is 13.8. The average Bonchev–Trinajstić information content (AvgIpc) is 3.12. The summed E-state index contributed by atoms with van der Waals surface area (Å²) in [7, 11) is 0. The first-order valence-electron chi connectivity index (χ1n) is 8.91. The quantitative estimate of drug-likeness (QED) is 0.394. The molecular formula is C25H16N2O. The highest BCUT2D eigenvalue weighted by Crippen LogP contribution is 2.20. The van der Waals surface area contributed by atoms with Crippen molar-refractivity contribution >= 4 is 16.7 Å². The van der Waals surface area contributed by atoms with E-state index in [1.165, 1.54) is 0 Å². The molecule has 0 radical (unpaired) electrons. The maximum absolute atomic E-state index is 12.8. The smallest absolute Gasteiger partial charge is 0.252 e. The Morgan fingerprint density at radius 2 is 1.68 bits per heavy atom. The lowest BCUT2D eigenvalue weighted by molar-refractivity contribution is 0.104. The van der Waals surface area contributed by atoms with E-state index in [1.54, 1.807) is 6.20 Å². The molecule has 28 heavy (non-hydrogen) atoms. The molecule has 0 saturated heterocycles. The summed E-state index contributed by atoms with van der Waals surface area (Å²) in [6.07, 6.45) is 1.71. The molecule has 4 aromatic rings. The highest BCUT2D eigenvalue weighted by atomic mass is 16.1. The number of benzene rings is 2. The van der Waals surface area contributed by atoms with Gasteiger partial charge in [0.1, 0.15) is 5.69 Å². The summed E-state index contributed by atoms with van der Waals surface area (Å²) in [5.74, 6) is 11.6. The van der Waals surface area contributed by atoms with Gasteiger partial charge in [-0.15, -0.1) is 0 Å². The first kappa shape index (κ1) is 17.3. The van der Waals surface area contributed by atoms with Gasteiger partial charge in [-0.1, -0.05) is 54.3 Å². The van der Waals surface area contributed by atoms with Crippen LogP contribution in [0.3, 0.4) is 0 Å². The van der Waals surface area contributed by atoms with Crippen LogP contribution in [0.2, 0.25) is 0 Å². The van der Waals surface area contributed by atoms with Gasteiger partial charge in [0.2, 0.25) is 0 Å². The summed E-state index contributed by atoms with van der Waals surface area (Å²) in [5, 5.41) is 0.993. The number of Topliss-reactive ketones (excluding diaryl/α,β-unsaturated/α-hetero) is 1. The van der Waals surface area contributed by atoms with Crippen LogP contribution in [0.15, 0.2) is 85.1 Å². The summed E-state index contributed by atoms with van der Waals surface area (Å²) in [4.78, 5) is 17.0. The molecule has 2 aromatic carbocycles. The number of hydrogen-bond donors (Lipinski definition) is 0. The lowest BCUT2D eigenvalue weighted by Crippen LogP contribution is -2.07. The van der Waals surface area contributed by atoms with Crippen molar-refractivity contribution in [3.05, 3.63) is 102 Å². The molecule has 0 unspecified atom stereocenters. The Morgan fingerprint density at radius 3 is 2.50 bits per heavy atom. The van der Waals surface area contributed by atoms with Gasteiger partial charge in [0.15, 0.2) is 0 Å². The lowest BCUT2D eigenvalue weighted by atomic mass is 10.2. The summed E-state index contributed by atoms with van der Waals surface area (Å²) < 4.78 is 1.91. The van der Waals surface area contributed by atoms with Gasteiger partial charge in [0.25, 0.3) is 5.78 Å². The molecule has 2 aromatic heterocycles. The monoisotopic (exact) mass is 360 g/mol. The SMILES string of the molecule is O=C(C#Cc1ccccc1)c1cc2ccccc2n1CC#Cc1ccccn1. The summed E-state index contributed by atoms with van der Waals surface area (Å²) in [5.41, 5.74) is 3.02. The molecule has 0 aliphatic rings. The molecule has 0 spiro atoms. The van der Waals surface area contributed by atoms with Crippen molar-refractivity contribution in [1.29, 1.82) is 0 Å². The highest BCUT2D eigenvalue weighted by Gasteiger charge is 2.13. The Labute approximate surface area is 163 Å². The molecule has 0 bridgehead atoms. The number of nitrogens with zero attached hydrogens (tertiary/aromatic N) is 2. The van der Waals surface area contributed by atoms with Crippen molar-refractivity contribution in [2.24, 2.45) is 0 Å². The average molecular weight is 360 g/mol. The summed E-state index contributed by atoms with van der Waals surface area (Å²) in [6.45, 7) is 0.387. The third-order valence-corrected chi connectivity index (χ3v) is 4.26. The van der Waals surface area contributed by atoms with Crippen LogP contribution in [0.25, 0.3) is 10.9 Å². The summed E-state index contributed by atoms with van der Waals surface area (Å²) in [6, 6.07) is 24.9. The Bertz CT molecular complexity index is 1250. The Balaban J connectivity index is 1.68. The molecule has 3 heteroatoms. The second-order valence-corrected chi connectivity index (χ2v) is 6.14. The number of rotatable bonds is 2. The van der Waals surface area contributed by atoms with Crippen molar-refractivity contribution in [2.45, 2.75) is 6.54 Å². The fourth-order valence-corrected chi connectivity index (χ4v) is 2.93. The maximum atomic E-state index is 12.8. The fraction of sp³-hybridized carbons (Fsp3) is 0.0400. The van der Waals surface area contributed by atoms with E-state index in [4.69, 9.17) is 0 Å². The molecule has 0 aliphatic heterocycles. The third kappa shape index (κ3) is 3.85. The molecule has 2 heterocycles. The number of para-hydroxylation sites is 1. The van der Waals surface area contributed by atoms with Gasteiger partial charge in [-0.3, -0.25) is 4.79 Å². The van der Waals surface area contributed by atoms with E-state index in [0.29, 0.717) is 17.9 Å². The first-order valence-corrected chi connectivity index (χ1v) is 8.91. The molecule has 4 rings (SSSR count). The molecule has 132 valence electrons. The number of fused-ring (bicyclic) bond motifs is 1. The molecule has 0 saturated carbocycles. The van der Waals surface area contributed by atoms with Crippen LogP contribution in [0, 0.1) is 23.7 Å². The van der Waals surface area contributed by atoms with Crippen LogP contribution in [0.5, 0.6) is 0 Å². The number of carbonyl (C=O) groups excluding carboxylic acids is 1. The molecule has 3 nitrogen and oxygen atoms in total. The van der Waals surface area contributed by atoms with Gasteiger partial charge in [-0.2, -0.15) is 0 Å². The van der Waals surface area contributed by atoms with E-state index in [0.717, 1.165) is 16.5 Å². The van der Waals surface area contributed by atoms with E-state index in [2.05, 4.69) is 28.7 Å². The molecular weight excluding hydrogens is 344 g/mol. The van der Waals surface area contributed by atoms with Crippen LogP contribution in [-0.4, -0.2) is 15.3 Å². The highest BCUT2D eigenvalue weighted by molar-refractivity contribution is 6.10. The van der Waals surface area contributed by atoms with Gasteiger partial charge in [-0.05, 0) is 48.2 Å². The predicted octanol–water partition coefficient (Wildman–Crippen LogP) is 4.32. The van der Waals surface area contributed by atoms with E-state index in [-0.39, 0.29) is 5.78 Å². The van der Waals surface area contributed by atoms with E-state index in [9.17, 15) is 4.79 Å². The second kappa shape index (κ2) is 8.08. The number of hydrogen-bond acceptors (Lipinski definition) is 2. The van der Waals surface area contributed by atoms with Crippen molar-refractivity contribution in [3.63, 3.8) is 0 Å². The molecule has 0 atom stereocenters. The Kier molecular flexibility index (Phi) is 5.00. The molecule has 0 fully saturated rings. The van der Waals surface area contributed by atoms with Crippen LogP contribution in [0.1, 0.15) is 21.7 Å². The predicted molar refractivity (Wildman–Crippen MR) is 111 cm³/mol. The number of pyridine rings is 1. The number of ketones is 1. The van der Waals surface area contributed by atoms with Crippen LogP contribution < -0.4 is 0 Å². The molecule has 0 N–H and O–H groups in total. The normalized spacial score (nSPS) is 9.86. The van der Waals surface area contributed by atoms with E-state index in [1.807, 2.05) is 83.4 Å². The van der Waals surface area contributed by atoms with Crippen molar-refractivity contribution < 1.29 is 4.79 Å². The minimum Gasteiger partial charge on any atom is -0.325 e. The van der Waals surface area contributed by atoms with Gasteiger partial charge in [-0.25, -0.2) is 4.98 Å². The molecule has 0 aliphatic carbocycles.